The lowest BCUT2D eigenvalue weighted by molar-refractivity contribution is -0.118. The molecule has 0 aliphatic carbocycles. The molecule has 4 aromatic rings. The van der Waals surface area contributed by atoms with E-state index < -0.39 is 5.97 Å². The first-order valence-electron chi connectivity index (χ1n) is 11.0. The molecule has 0 saturated heterocycles. The van der Waals surface area contributed by atoms with Crippen LogP contribution in [-0.4, -0.2) is 43.7 Å². The number of thiazole rings is 1. The van der Waals surface area contributed by atoms with Crippen LogP contribution in [0.5, 0.6) is 0 Å². The van der Waals surface area contributed by atoms with Crippen LogP contribution < -0.4 is 4.80 Å². The number of hydrogen-bond donors (Lipinski definition) is 1. The van der Waals surface area contributed by atoms with Gasteiger partial charge in [-0.3, -0.25) is 4.79 Å². The van der Waals surface area contributed by atoms with Gasteiger partial charge in [-0.05, 0) is 40.5 Å². The summed E-state index contributed by atoms with van der Waals surface area (Å²) in [6.07, 6.45) is 1.08. The first kappa shape index (κ1) is 23.2. The molecule has 2 aromatic carbocycles. The van der Waals surface area contributed by atoms with Crippen LogP contribution in [0.15, 0.2) is 58.9 Å². The van der Waals surface area contributed by atoms with Gasteiger partial charge >= 0.3 is 5.97 Å². The number of aromatic amines is 1. The summed E-state index contributed by atoms with van der Waals surface area (Å²) < 4.78 is 6.93. The smallest absolute Gasteiger partial charge is 0.355 e. The van der Waals surface area contributed by atoms with Gasteiger partial charge < -0.3 is 9.30 Å². The summed E-state index contributed by atoms with van der Waals surface area (Å²) in [5.41, 5.74) is 4.22. The Balaban J connectivity index is 1.66. The molecule has 0 aliphatic rings. The second-order valence-electron chi connectivity index (χ2n) is 7.46. The summed E-state index contributed by atoms with van der Waals surface area (Å²) in [7, 11) is 0. The molecule has 2 heterocycles. The van der Waals surface area contributed by atoms with Crippen molar-refractivity contribution in [2.24, 2.45) is 4.99 Å². The van der Waals surface area contributed by atoms with Gasteiger partial charge in [-0.1, -0.05) is 55.5 Å². The number of tetrazole rings is 1. The van der Waals surface area contributed by atoms with Crippen LogP contribution in [0.2, 0.25) is 0 Å². The summed E-state index contributed by atoms with van der Waals surface area (Å²) >= 11 is 1.26. The zero-order chi connectivity index (χ0) is 23.9. The minimum absolute atomic E-state index is 0.206. The maximum atomic E-state index is 12.5. The lowest BCUT2D eigenvalue weighted by atomic mass is 9.98. The number of hydrogen-bond acceptors (Lipinski definition) is 7. The third-order valence-electron chi connectivity index (χ3n) is 5.10. The number of esters is 1. The summed E-state index contributed by atoms with van der Waals surface area (Å²) in [5, 5.41) is 15.9. The predicted octanol–water partition coefficient (Wildman–Crippen LogP) is 3.85. The van der Waals surface area contributed by atoms with E-state index in [1.54, 1.807) is 16.9 Å². The monoisotopic (exact) mass is 476 g/mol. The number of aromatic nitrogens is 5. The van der Waals surface area contributed by atoms with E-state index >= 15 is 0 Å². The molecular weight excluding hydrogens is 452 g/mol. The Kier molecular flexibility index (Phi) is 7.38. The van der Waals surface area contributed by atoms with E-state index in [2.05, 4.69) is 25.6 Å². The fourth-order valence-corrected chi connectivity index (χ4v) is 4.39. The van der Waals surface area contributed by atoms with Gasteiger partial charge in [0.2, 0.25) is 5.91 Å². The standard InChI is InChI=1S/C24H24N6O3S/c1-3-7-21(31)25-24-30(20(15-34-24)23(32)33-4-2)14-16-10-12-17(13-11-16)18-8-5-6-9-19(18)22-26-28-29-27-22/h5-6,8-13,15H,3-4,7,14H2,1-2H3,(H,26,27,28,29). The van der Waals surface area contributed by atoms with Crippen LogP contribution >= 0.6 is 11.3 Å². The van der Waals surface area contributed by atoms with Crippen molar-refractivity contribution in [2.45, 2.75) is 33.2 Å². The van der Waals surface area contributed by atoms with Crippen LogP contribution in [0.25, 0.3) is 22.5 Å². The third-order valence-corrected chi connectivity index (χ3v) is 5.96. The second-order valence-corrected chi connectivity index (χ2v) is 8.29. The molecule has 9 nitrogen and oxygen atoms in total. The van der Waals surface area contributed by atoms with E-state index in [1.807, 2.05) is 55.5 Å². The van der Waals surface area contributed by atoms with Gasteiger partial charge in [0.05, 0.1) is 13.2 Å². The molecule has 0 radical (unpaired) electrons. The lowest BCUT2D eigenvalue weighted by Gasteiger charge is -2.11. The van der Waals surface area contributed by atoms with Crippen LogP contribution in [-0.2, 0) is 16.1 Å². The van der Waals surface area contributed by atoms with Gasteiger partial charge in [0, 0.05) is 17.4 Å². The van der Waals surface area contributed by atoms with Crippen LogP contribution in [0, 0.1) is 0 Å². The van der Waals surface area contributed by atoms with E-state index in [4.69, 9.17) is 4.74 Å². The van der Waals surface area contributed by atoms with Crippen molar-refractivity contribution < 1.29 is 14.3 Å². The van der Waals surface area contributed by atoms with Crippen LogP contribution in [0.3, 0.4) is 0 Å². The average molecular weight is 477 g/mol. The Labute approximate surface area is 200 Å². The molecule has 4 rings (SSSR count). The number of ether oxygens (including phenoxy) is 1. The van der Waals surface area contributed by atoms with E-state index in [1.165, 1.54) is 11.3 Å². The normalized spacial score (nSPS) is 11.5. The quantitative estimate of drug-likeness (QED) is 0.386. The number of carbonyl (C=O) groups is 2. The van der Waals surface area contributed by atoms with E-state index in [0.717, 1.165) is 22.3 Å². The van der Waals surface area contributed by atoms with Crippen molar-refractivity contribution in [1.29, 1.82) is 0 Å². The minimum atomic E-state index is -0.436. The fraction of sp³-hybridized carbons (Fsp3) is 0.250. The highest BCUT2D eigenvalue weighted by molar-refractivity contribution is 7.07. The number of carbonyl (C=O) groups excluding carboxylic acids is 2. The molecule has 0 bridgehead atoms. The van der Waals surface area contributed by atoms with Crippen molar-refractivity contribution >= 4 is 23.2 Å². The van der Waals surface area contributed by atoms with Crippen LogP contribution in [0.1, 0.15) is 42.7 Å². The summed E-state index contributed by atoms with van der Waals surface area (Å²) in [5.74, 6) is -0.0488. The van der Waals surface area contributed by atoms with Crippen molar-refractivity contribution in [2.75, 3.05) is 6.61 Å². The third kappa shape index (κ3) is 5.18. The maximum absolute atomic E-state index is 12.5. The Morgan fingerprint density at radius 1 is 1.09 bits per heavy atom. The predicted molar refractivity (Wildman–Crippen MR) is 128 cm³/mol. The Hall–Kier alpha value is -3.92. The molecule has 34 heavy (non-hydrogen) atoms. The molecule has 0 saturated carbocycles. The minimum Gasteiger partial charge on any atom is -0.461 e. The average Bonchev–Trinajstić information content (AvgIpc) is 3.51. The topological polar surface area (TPSA) is 115 Å². The largest absolute Gasteiger partial charge is 0.461 e. The van der Waals surface area contributed by atoms with E-state index in [9.17, 15) is 9.59 Å². The molecule has 174 valence electrons. The Morgan fingerprint density at radius 3 is 2.53 bits per heavy atom. The number of amides is 1. The van der Waals surface area contributed by atoms with Gasteiger partial charge in [-0.2, -0.15) is 4.99 Å². The molecular formula is C24H24N6O3S. The highest BCUT2D eigenvalue weighted by Gasteiger charge is 2.16. The van der Waals surface area contributed by atoms with Crippen molar-refractivity contribution in [1.82, 2.24) is 25.2 Å². The van der Waals surface area contributed by atoms with Crippen molar-refractivity contribution in [3.8, 4) is 22.5 Å². The first-order chi connectivity index (χ1) is 16.6. The zero-order valence-corrected chi connectivity index (χ0v) is 19.7. The van der Waals surface area contributed by atoms with Gasteiger partial charge in [0.25, 0.3) is 0 Å². The SMILES string of the molecule is CCCC(=O)N=c1scc(C(=O)OCC)n1Cc1ccc(-c2ccccc2-c2nnn[nH]2)cc1. The number of nitrogens with zero attached hydrogens (tertiary/aromatic N) is 5. The van der Waals surface area contributed by atoms with Crippen molar-refractivity contribution in [3.05, 3.63) is 70.0 Å². The second kappa shape index (κ2) is 10.8. The lowest BCUT2D eigenvalue weighted by Crippen LogP contribution is -2.23. The molecule has 1 amide bonds. The highest BCUT2D eigenvalue weighted by atomic mass is 32.1. The summed E-state index contributed by atoms with van der Waals surface area (Å²) in [6.45, 7) is 4.34. The zero-order valence-electron chi connectivity index (χ0n) is 18.9. The molecule has 0 unspecified atom stereocenters. The molecule has 1 N–H and O–H groups in total. The van der Waals surface area contributed by atoms with E-state index in [-0.39, 0.29) is 12.5 Å². The first-order valence-corrected chi connectivity index (χ1v) is 11.8. The summed E-state index contributed by atoms with van der Waals surface area (Å²) in [4.78, 5) is 29.3. The Morgan fingerprint density at radius 2 is 1.85 bits per heavy atom. The van der Waals surface area contributed by atoms with Crippen molar-refractivity contribution in [3.63, 3.8) is 0 Å². The summed E-state index contributed by atoms with van der Waals surface area (Å²) in [6, 6.07) is 15.9. The van der Waals surface area contributed by atoms with Gasteiger partial charge in [-0.25, -0.2) is 9.89 Å². The molecule has 0 aliphatic heterocycles. The molecule has 0 fully saturated rings. The molecule has 0 atom stereocenters. The fourth-order valence-electron chi connectivity index (χ4n) is 3.50. The molecule has 2 aromatic heterocycles. The van der Waals surface area contributed by atoms with E-state index in [0.29, 0.717) is 35.7 Å². The highest BCUT2D eigenvalue weighted by Crippen LogP contribution is 2.29. The number of H-pyrrole nitrogens is 1. The maximum Gasteiger partial charge on any atom is 0.355 e. The number of nitrogens with one attached hydrogen (secondary N) is 1. The van der Waals surface area contributed by atoms with Gasteiger partial charge in [0.1, 0.15) is 5.69 Å². The van der Waals surface area contributed by atoms with Crippen LogP contribution in [0.4, 0.5) is 0 Å². The number of benzene rings is 2. The van der Waals surface area contributed by atoms with Gasteiger partial charge in [0.15, 0.2) is 10.6 Å². The molecule has 0 spiro atoms. The number of rotatable bonds is 8. The molecule has 10 heteroatoms. The Bertz CT molecular complexity index is 1340. The van der Waals surface area contributed by atoms with Gasteiger partial charge in [-0.15, -0.1) is 16.4 Å².